The molecule has 4 N–H and O–H groups in total. The first-order valence-electron chi connectivity index (χ1n) is 10.7. The molecule has 1 aliphatic carbocycles. The lowest BCUT2D eigenvalue weighted by atomic mass is 9.85. The van der Waals surface area contributed by atoms with Gasteiger partial charge in [-0.2, -0.15) is 0 Å². The normalized spacial score (nSPS) is 14.1. The van der Waals surface area contributed by atoms with Crippen LogP contribution in [0.15, 0.2) is 53.6 Å². The first kappa shape index (κ1) is 19.5. The van der Waals surface area contributed by atoms with Crippen LogP contribution in [0.5, 0.6) is 0 Å². The third-order valence-corrected chi connectivity index (χ3v) is 6.05. The summed E-state index contributed by atoms with van der Waals surface area (Å²) in [5.74, 6) is 0.581. The summed E-state index contributed by atoms with van der Waals surface area (Å²) in [5, 5.41) is 8.80. The molecule has 0 atom stereocenters. The predicted octanol–water partition coefficient (Wildman–Crippen LogP) is 3.22. The minimum absolute atomic E-state index is 0.147. The Bertz CT molecular complexity index is 1300. The average Bonchev–Trinajstić information content (AvgIpc) is 3.21. The molecule has 3 heterocycles. The smallest absolute Gasteiger partial charge is 0.256 e. The maximum atomic E-state index is 12.5. The third kappa shape index (κ3) is 4.22. The molecule has 1 aromatic carbocycles. The molecule has 7 heteroatoms. The minimum Gasteiger partial charge on any atom is -0.346 e. The minimum atomic E-state index is -0.231. The van der Waals surface area contributed by atoms with Crippen molar-refractivity contribution < 1.29 is 4.79 Å². The number of amides is 1. The van der Waals surface area contributed by atoms with Crippen molar-refractivity contribution in [1.29, 1.82) is 0 Å². The fraction of sp³-hybridized carbons (Fsp3) is 0.292. The molecule has 7 nitrogen and oxygen atoms in total. The van der Waals surface area contributed by atoms with E-state index in [1.807, 2.05) is 30.3 Å². The van der Waals surface area contributed by atoms with Crippen molar-refractivity contribution in [2.24, 2.45) is 5.92 Å². The lowest BCUT2D eigenvalue weighted by Gasteiger charge is -2.25. The van der Waals surface area contributed by atoms with Crippen molar-refractivity contribution in [2.45, 2.75) is 32.4 Å². The summed E-state index contributed by atoms with van der Waals surface area (Å²) < 4.78 is 0. The number of H-pyrrole nitrogens is 2. The molecular weight excluding hydrogens is 390 g/mol. The van der Waals surface area contributed by atoms with E-state index < -0.39 is 0 Å². The summed E-state index contributed by atoms with van der Waals surface area (Å²) in [6, 6.07) is 11.5. The van der Waals surface area contributed by atoms with Gasteiger partial charge in [0.1, 0.15) is 5.65 Å². The second-order valence-electron chi connectivity index (χ2n) is 8.30. The number of hydrogen-bond acceptors (Lipinski definition) is 4. The van der Waals surface area contributed by atoms with E-state index in [0.29, 0.717) is 16.6 Å². The molecule has 158 valence electrons. The van der Waals surface area contributed by atoms with Gasteiger partial charge in [-0.3, -0.25) is 9.59 Å². The molecule has 5 rings (SSSR count). The molecule has 0 aliphatic heterocycles. The van der Waals surface area contributed by atoms with Gasteiger partial charge >= 0.3 is 0 Å². The molecule has 0 bridgehead atoms. The number of benzene rings is 1. The third-order valence-electron chi connectivity index (χ3n) is 6.05. The second-order valence-corrected chi connectivity index (χ2v) is 8.30. The van der Waals surface area contributed by atoms with E-state index in [2.05, 4.69) is 25.6 Å². The van der Waals surface area contributed by atoms with Crippen LogP contribution in [0.3, 0.4) is 0 Å². The van der Waals surface area contributed by atoms with Gasteiger partial charge in [0.05, 0.1) is 12.1 Å². The van der Waals surface area contributed by atoms with E-state index in [0.717, 1.165) is 41.0 Å². The van der Waals surface area contributed by atoms with Crippen molar-refractivity contribution in [1.82, 2.24) is 25.6 Å². The number of carbonyl (C=O) groups is 1. The number of nitrogens with zero attached hydrogens (tertiary/aromatic N) is 1. The van der Waals surface area contributed by atoms with E-state index in [1.165, 1.54) is 19.3 Å². The van der Waals surface area contributed by atoms with Gasteiger partial charge in [-0.05, 0) is 66.6 Å². The molecule has 0 radical (unpaired) electrons. The lowest BCUT2D eigenvalue weighted by Crippen LogP contribution is -2.27. The van der Waals surface area contributed by atoms with Crippen molar-refractivity contribution >= 4 is 27.7 Å². The van der Waals surface area contributed by atoms with E-state index in [1.54, 1.807) is 18.5 Å². The monoisotopic (exact) mass is 415 g/mol. The van der Waals surface area contributed by atoms with Crippen LogP contribution in [-0.4, -0.2) is 27.4 Å². The van der Waals surface area contributed by atoms with E-state index in [4.69, 9.17) is 0 Å². The maximum Gasteiger partial charge on any atom is 0.256 e. The summed E-state index contributed by atoms with van der Waals surface area (Å²) in [6.45, 7) is 2.08. The highest BCUT2D eigenvalue weighted by Gasteiger charge is 2.16. The molecule has 1 amide bonds. The number of aromatic amines is 2. The van der Waals surface area contributed by atoms with Gasteiger partial charge in [0.15, 0.2) is 0 Å². The lowest BCUT2D eigenvalue weighted by molar-refractivity contribution is 0.0950. The maximum absolute atomic E-state index is 12.5. The summed E-state index contributed by atoms with van der Waals surface area (Å²) in [6.07, 6.45) is 7.33. The first-order valence-corrected chi connectivity index (χ1v) is 10.7. The Hall–Kier alpha value is -3.45. The highest BCUT2D eigenvalue weighted by Crippen LogP contribution is 2.25. The number of pyridine rings is 2. The SMILES string of the molecule is O=C(NCc1cc2cc(CNCC3CCC3)ccc2c(=O)[nH]1)c1cnc2[nH]ccc2c1. The summed E-state index contributed by atoms with van der Waals surface area (Å²) >= 11 is 0. The molecule has 0 spiro atoms. The number of nitrogens with one attached hydrogen (secondary N) is 4. The summed E-state index contributed by atoms with van der Waals surface area (Å²) in [7, 11) is 0. The van der Waals surface area contributed by atoms with Crippen molar-refractivity contribution in [3.8, 4) is 0 Å². The Balaban J connectivity index is 1.28. The highest BCUT2D eigenvalue weighted by molar-refractivity contribution is 5.96. The van der Waals surface area contributed by atoms with Gasteiger partial charge in [0.25, 0.3) is 11.5 Å². The molecule has 31 heavy (non-hydrogen) atoms. The van der Waals surface area contributed by atoms with E-state index in [-0.39, 0.29) is 18.0 Å². The zero-order valence-electron chi connectivity index (χ0n) is 17.2. The first-order chi connectivity index (χ1) is 15.2. The van der Waals surface area contributed by atoms with Gasteiger partial charge < -0.3 is 20.6 Å². The second kappa shape index (κ2) is 8.35. The van der Waals surface area contributed by atoms with Gasteiger partial charge in [-0.15, -0.1) is 0 Å². The Morgan fingerprint density at radius 2 is 2.00 bits per heavy atom. The van der Waals surface area contributed by atoms with Crippen LogP contribution in [-0.2, 0) is 13.1 Å². The van der Waals surface area contributed by atoms with Crippen molar-refractivity contribution in [3.63, 3.8) is 0 Å². The fourth-order valence-electron chi connectivity index (χ4n) is 4.04. The van der Waals surface area contributed by atoms with Crippen LogP contribution in [0.25, 0.3) is 21.8 Å². The number of hydrogen-bond donors (Lipinski definition) is 4. The van der Waals surface area contributed by atoms with Crippen molar-refractivity contribution in [2.75, 3.05) is 6.54 Å². The van der Waals surface area contributed by atoms with Gasteiger partial charge in [0.2, 0.25) is 0 Å². The Kier molecular flexibility index (Phi) is 5.26. The molecular formula is C24H25N5O2. The van der Waals surface area contributed by atoms with Crippen molar-refractivity contribution in [3.05, 3.63) is 76.0 Å². The van der Waals surface area contributed by atoms with Gasteiger partial charge in [0, 0.05) is 35.4 Å². The van der Waals surface area contributed by atoms with Crippen LogP contribution in [0.1, 0.15) is 40.9 Å². The highest BCUT2D eigenvalue weighted by atomic mass is 16.1. The van der Waals surface area contributed by atoms with Crippen LogP contribution in [0, 0.1) is 5.92 Å². The van der Waals surface area contributed by atoms with Crippen LogP contribution < -0.4 is 16.2 Å². The van der Waals surface area contributed by atoms with Crippen LogP contribution in [0.4, 0.5) is 0 Å². The molecule has 4 aromatic rings. The topological polar surface area (TPSA) is 103 Å². The van der Waals surface area contributed by atoms with Gasteiger partial charge in [-0.1, -0.05) is 12.5 Å². The zero-order valence-corrected chi connectivity index (χ0v) is 17.2. The van der Waals surface area contributed by atoms with E-state index in [9.17, 15) is 9.59 Å². The molecule has 0 unspecified atom stereocenters. The zero-order chi connectivity index (χ0) is 21.2. The predicted molar refractivity (Wildman–Crippen MR) is 121 cm³/mol. The summed E-state index contributed by atoms with van der Waals surface area (Å²) in [4.78, 5) is 35.1. The molecule has 1 saturated carbocycles. The van der Waals surface area contributed by atoms with Gasteiger partial charge in [-0.25, -0.2) is 4.98 Å². The fourth-order valence-corrected chi connectivity index (χ4v) is 4.04. The number of rotatable bonds is 7. The summed E-state index contributed by atoms with van der Waals surface area (Å²) in [5.41, 5.74) is 2.90. The standard InChI is InChI=1S/C24H25N5O2/c30-23(19-9-17-6-7-26-22(17)27-13-19)28-14-20-10-18-8-16(4-5-21(18)24(31)29-20)12-25-11-15-2-1-3-15/h4-10,13,15,25H,1-3,11-12,14H2,(H,26,27)(H,28,30)(H,29,31). The molecule has 0 saturated heterocycles. The Morgan fingerprint density at radius 3 is 2.84 bits per heavy atom. The number of carbonyl (C=O) groups excluding carboxylic acids is 1. The Morgan fingerprint density at radius 1 is 1.10 bits per heavy atom. The quantitative estimate of drug-likeness (QED) is 0.372. The van der Waals surface area contributed by atoms with Crippen LogP contribution in [0.2, 0.25) is 0 Å². The van der Waals surface area contributed by atoms with Crippen LogP contribution >= 0.6 is 0 Å². The Labute approximate surface area is 179 Å². The molecule has 3 aromatic heterocycles. The largest absolute Gasteiger partial charge is 0.346 e. The molecule has 1 aliphatic rings. The average molecular weight is 415 g/mol. The molecule has 1 fully saturated rings. The number of fused-ring (bicyclic) bond motifs is 2. The number of aromatic nitrogens is 3. The van der Waals surface area contributed by atoms with E-state index >= 15 is 0 Å².